The first kappa shape index (κ1) is 25.0. The molecule has 10 heteroatoms. The van der Waals surface area contributed by atoms with E-state index in [9.17, 15) is 0 Å². The van der Waals surface area contributed by atoms with E-state index in [4.69, 9.17) is 38.7 Å². The zero-order valence-corrected chi connectivity index (χ0v) is 15.8. The first-order valence-corrected chi connectivity index (χ1v) is 8.96. The Balaban J connectivity index is 2.97. The summed E-state index contributed by atoms with van der Waals surface area (Å²) in [5.41, 5.74) is 8.07. The molecule has 0 saturated heterocycles. The smallest absolute Gasteiger partial charge is 0.0701 e. The second kappa shape index (κ2) is 24.0. The monoisotopic (exact) mass is 379 g/mol. The fourth-order valence-corrected chi connectivity index (χ4v) is 1.61. The van der Waals surface area contributed by atoms with Gasteiger partial charge in [0.15, 0.2) is 0 Å². The van der Waals surface area contributed by atoms with Crippen LogP contribution < -0.4 is 0 Å². The number of hydrogen-bond acceptors (Lipinski definition) is 8. The van der Waals surface area contributed by atoms with E-state index < -0.39 is 0 Å². The Bertz CT molecular complexity index is 318. The van der Waals surface area contributed by atoms with Crippen molar-refractivity contribution in [3.05, 3.63) is 10.4 Å². The fraction of sp³-hybridized carbons (Fsp3) is 1.00. The summed E-state index contributed by atoms with van der Waals surface area (Å²) in [6, 6.07) is 0. The minimum atomic E-state index is 0.340. The maximum atomic E-state index is 8.07. The summed E-state index contributed by atoms with van der Waals surface area (Å²) in [5.74, 6) is 0. The highest BCUT2D eigenvalue weighted by molar-refractivity contribution is 4.44. The molecule has 0 N–H and O–H groups in total. The predicted octanol–water partition coefficient (Wildman–Crippen LogP) is 1.43. The van der Waals surface area contributed by atoms with Crippen molar-refractivity contribution in [2.75, 3.05) is 99.0 Å². The van der Waals surface area contributed by atoms with E-state index in [1.807, 2.05) is 6.92 Å². The summed E-state index contributed by atoms with van der Waals surface area (Å²) in [7, 11) is 0. The molecule has 0 bridgehead atoms. The Labute approximate surface area is 155 Å². The van der Waals surface area contributed by atoms with Crippen LogP contribution in [0.4, 0.5) is 0 Å². The van der Waals surface area contributed by atoms with Gasteiger partial charge in [0.05, 0.1) is 85.9 Å². The van der Waals surface area contributed by atoms with Gasteiger partial charge in [0, 0.05) is 18.1 Å². The van der Waals surface area contributed by atoms with Crippen LogP contribution in [-0.4, -0.2) is 99.0 Å². The highest BCUT2D eigenvalue weighted by Gasteiger charge is 1.94. The highest BCUT2D eigenvalue weighted by atomic mass is 16.6. The van der Waals surface area contributed by atoms with Crippen molar-refractivity contribution in [1.82, 2.24) is 0 Å². The Morgan fingerprint density at radius 2 is 0.846 bits per heavy atom. The number of rotatable bonds is 22. The molecule has 0 atom stereocenters. The number of hydrogen-bond donors (Lipinski definition) is 0. The molecule has 0 unspecified atom stereocenters. The number of nitrogens with zero attached hydrogens (tertiary/aromatic N) is 3. The Morgan fingerprint density at radius 3 is 1.15 bits per heavy atom. The van der Waals surface area contributed by atoms with Gasteiger partial charge in [0.1, 0.15) is 0 Å². The van der Waals surface area contributed by atoms with Crippen LogP contribution in [0.1, 0.15) is 6.92 Å². The maximum absolute atomic E-state index is 8.07. The van der Waals surface area contributed by atoms with Gasteiger partial charge in [-0.15, -0.1) is 0 Å². The van der Waals surface area contributed by atoms with Gasteiger partial charge < -0.3 is 33.2 Å². The van der Waals surface area contributed by atoms with E-state index in [1.165, 1.54) is 0 Å². The Hall–Kier alpha value is -0.970. The highest BCUT2D eigenvalue weighted by Crippen LogP contribution is 1.85. The summed E-state index contributed by atoms with van der Waals surface area (Å²) in [5, 5.41) is 3.36. The lowest BCUT2D eigenvalue weighted by atomic mass is 10.6. The van der Waals surface area contributed by atoms with E-state index in [0.717, 1.165) is 0 Å². The zero-order chi connectivity index (χ0) is 19.0. The molecule has 0 aliphatic carbocycles. The predicted molar refractivity (Wildman–Crippen MR) is 95.4 cm³/mol. The Kier molecular flexibility index (Phi) is 23.1. The van der Waals surface area contributed by atoms with Gasteiger partial charge in [-0.2, -0.15) is 0 Å². The lowest BCUT2D eigenvalue weighted by molar-refractivity contribution is -0.0199. The SMILES string of the molecule is CCOCCOCCOCCOCCOCCOCCOCCN=[N+]=[N-]. The molecular weight excluding hydrogens is 346 g/mol. The van der Waals surface area contributed by atoms with E-state index in [-0.39, 0.29) is 0 Å². The van der Waals surface area contributed by atoms with Crippen LogP contribution in [0.25, 0.3) is 10.4 Å². The van der Waals surface area contributed by atoms with Gasteiger partial charge in [-0.1, -0.05) is 5.11 Å². The molecule has 0 aromatic rings. The largest absolute Gasteiger partial charge is 0.379 e. The van der Waals surface area contributed by atoms with Gasteiger partial charge >= 0.3 is 0 Å². The third kappa shape index (κ3) is 23.0. The van der Waals surface area contributed by atoms with E-state index in [2.05, 4.69) is 10.0 Å². The van der Waals surface area contributed by atoms with Crippen molar-refractivity contribution in [1.29, 1.82) is 0 Å². The number of ether oxygens (including phenoxy) is 7. The average Bonchev–Trinajstić information content (AvgIpc) is 2.66. The van der Waals surface area contributed by atoms with E-state index in [0.29, 0.717) is 99.0 Å². The normalized spacial score (nSPS) is 10.8. The van der Waals surface area contributed by atoms with Crippen LogP contribution in [0.15, 0.2) is 5.11 Å². The molecule has 0 aromatic carbocycles. The molecule has 26 heavy (non-hydrogen) atoms. The van der Waals surface area contributed by atoms with Crippen LogP contribution in [0.2, 0.25) is 0 Å². The lowest BCUT2D eigenvalue weighted by Gasteiger charge is -2.08. The van der Waals surface area contributed by atoms with Gasteiger partial charge in [0.25, 0.3) is 0 Å². The molecule has 0 saturated carbocycles. The quantitative estimate of drug-likeness (QED) is 0.121. The zero-order valence-electron chi connectivity index (χ0n) is 15.8. The first-order valence-electron chi connectivity index (χ1n) is 8.96. The molecule has 154 valence electrons. The molecule has 0 aromatic heterocycles. The second-order valence-corrected chi connectivity index (χ2v) is 4.83. The molecule has 0 aliphatic heterocycles. The second-order valence-electron chi connectivity index (χ2n) is 4.83. The van der Waals surface area contributed by atoms with Crippen molar-refractivity contribution >= 4 is 0 Å². The van der Waals surface area contributed by atoms with Crippen LogP contribution >= 0.6 is 0 Å². The lowest BCUT2D eigenvalue weighted by Crippen LogP contribution is -2.14. The van der Waals surface area contributed by atoms with E-state index >= 15 is 0 Å². The fourth-order valence-electron chi connectivity index (χ4n) is 1.61. The minimum Gasteiger partial charge on any atom is -0.379 e. The summed E-state index contributed by atoms with van der Waals surface area (Å²) in [6.07, 6.45) is 0. The number of azide groups is 1. The van der Waals surface area contributed by atoms with Gasteiger partial charge in [-0.25, -0.2) is 0 Å². The van der Waals surface area contributed by atoms with Crippen molar-refractivity contribution in [3.8, 4) is 0 Å². The summed E-state index contributed by atoms with van der Waals surface area (Å²) >= 11 is 0. The molecule has 0 spiro atoms. The van der Waals surface area contributed by atoms with Crippen LogP contribution in [0.5, 0.6) is 0 Å². The van der Waals surface area contributed by atoms with Gasteiger partial charge in [0.2, 0.25) is 0 Å². The standard InChI is InChI=1S/C16H33N3O7/c1-2-20-5-6-22-9-10-24-13-14-26-16-15-25-12-11-23-8-7-21-4-3-18-19-17/h2-16H2,1H3. The minimum absolute atomic E-state index is 0.340. The van der Waals surface area contributed by atoms with E-state index in [1.54, 1.807) is 0 Å². The topological polar surface area (TPSA) is 113 Å². The van der Waals surface area contributed by atoms with Gasteiger partial charge in [-0.3, -0.25) is 0 Å². The first-order chi connectivity index (χ1) is 12.9. The summed E-state index contributed by atoms with van der Waals surface area (Å²) < 4.78 is 37.1. The van der Waals surface area contributed by atoms with Crippen molar-refractivity contribution in [3.63, 3.8) is 0 Å². The van der Waals surface area contributed by atoms with Crippen molar-refractivity contribution < 1.29 is 33.2 Å². The van der Waals surface area contributed by atoms with Crippen molar-refractivity contribution in [2.24, 2.45) is 5.11 Å². The molecule has 10 nitrogen and oxygen atoms in total. The van der Waals surface area contributed by atoms with Gasteiger partial charge in [-0.05, 0) is 12.5 Å². The summed E-state index contributed by atoms with van der Waals surface area (Å²) in [6.45, 7) is 9.85. The molecule has 0 heterocycles. The molecule has 0 amide bonds. The van der Waals surface area contributed by atoms with Crippen LogP contribution in [0, 0.1) is 0 Å². The van der Waals surface area contributed by atoms with Crippen LogP contribution in [0.3, 0.4) is 0 Å². The molecule has 0 aliphatic rings. The molecule has 0 fully saturated rings. The Morgan fingerprint density at radius 1 is 0.538 bits per heavy atom. The molecule has 0 radical (unpaired) electrons. The third-order valence-corrected chi connectivity index (χ3v) is 2.84. The third-order valence-electron chi connectivity index (χ3n) is 2.84. The van der Waals surface area contributed by atoms with Crippen molar-refractivity contribution in [2.45, 2.75) is 6.92 Å². The summed E-state index contributed by atoms with van der Waals surface area (Å²) in [4.78, 5) is 2.63. The van der Waals surface area contributed by atoms with Crippen LogP contribution in [-0.2, 0) is 33.2 Å². The molecular formula is C16H33N3O7. The molecule has 0 rings (SSSR count). The maximum Gasteiger partial charge on any atom is 0.0701 e. The average molecular weight is 379 g/mol.